The minimum atomic E-state index is -0.780. The van der Waals surface area contributed by atoms with E-state index in [1.807, 2.05) is 24.3 Å². The quantitative estimate of drug-likeness (QED) is 0.696. The fourth-order valence-electron chi connectivity index (χ4n) is 1.17. The number of para-hydroxylation sites is 1. The van der Waals surface area contributed by atoms with Crippen molar-refractivity contribution in [1.29, 1.82) is 0 Å². The van der Waals surface area contributed by atoms with Crippen molar-refractivity contribution < 1.29 is 9.52 Å². The van der Waals surface area contributed by atoms with E-state index in [-0.39, 0.29) is 0 Å². The Balaban J connectivity index is 2.62. The van der Waals surface area contributed by atoms with Gasteiger partial charge in [-0.25, -0.2) is 0 Å². The predicted octanol–water partition coefficient (Wildman–Crippen LogP) is 2.30. The van der Waals surface area contributed by atoms with Crippen molar-refractivity contribution in [1.82, 2.24) is 0 Å². The summed E-state index contributed by atoms with van der Waals surface area (Å²) in [4.78, 5) is 0. The van der Waals surface area contributed by atoms with Crippen LogP contribution in [0.1, 0.15) is 11.9 Å². The molecule has 1 atom stereocenters. The van der Waals surface area contributed by atoms with Crippen LogP contribution < -0.4 is 0 Å². The summed E-state index contributed by atoms with van der Waals surface area (Å²) in [5.41, 5.74) is 0.787. The molecule has 0 saturated carbocycles. The van der Waals surface area contributed by atoms with Crippen LogP contribution in [-0.4, -0.2) is 5.11 Å². The Kier molecular flexibility index (Phi) is 1.62. The van der Waals surface area contributed by atoms with E-state index in [1.165, 1.54) is 0 Å². The Hall–Kier alpha value is -1.28. The number of aliphatic hydroxyl groups excluding tert-OH is 1. The first-order chi connectivity index (χ1) is 5.77. The van der Waals surface area contributed by atoms with E-state index in [1.54, 1.807) is 6.07 Å². The zero-order chi connectivity index (χ0) is 8.55. The highest BCUT2D eigenvalue weighted by Crippen LogP contribution is 2.22. The van der Waals surface area contributed by atoms with Crippen LogP contribution in [0, 0.1) is 6.92 Å². The van der Waals surface area contributed by atoms with Gasteiger partial charge in [-0.15, -0.1) is 0 Å². The molecule has 1 aromatic heterocycles. The second-order valence-electron chi connectivity index (χ2n) is 2.70. The summed E-state index contributed by atoms with van der Waals surface area (Å²) in [5, 5.41) is 10.1. The summed E-state index contributed by atoms with van der Waals surface area (Å²) in [7, 11) is 0. The molecule has 1 unspecified atom stereocenters. The van der Waals surface area contributed by atoms with E-state index in [9.17, 15) is 0 Å². The van der Waals surface area contributed by atoms with Crippen LogP contribution in [0.25, 0.3) is 11.0 Å². The molecule has 0 spiro atoms. The molecule has 0 bridgehead atoms. The lowest BCUT2D eigenvalue weighted by atomic mass is 10.2. The first-order valence-corrected chi connectivity index (χ1v) is 3.77. The van der Waals surface area contributed by atoms with Crippen LogP contribution >= 0.6 is 0 Å². The van der Waals surface area contributed by atoms with Crippen LogP contribution in [0.2, 0.25) is 0 Å². The molecule has 61 valence electrons. The summed E-state index contributed by atoms with van der Waals surface area (Å²) < 4.78 is 5.32. The van der Waals surface area contributed by atoms with E-state index in [0.717, 1.165) is 11.0 Å². The van der Waals surface area contributed by atoms with Crippen LogP contribution in [0.5, 0.6) is 0 Å². The van der Waals surface area contributed by atoms with Crippen molar-refractivity contribution in [2.45, 2.75) is 6.10 Å². The molecule has 1 N–H and O–H groups in total. The number of fused-ring (bicyclic) bond motifs is 1. The van der Waals surface area contributed by atoms with Gasteiger partial charge in [-0.3, -0.25) is 0 Å². The average molecular weight is 161 g/mol. The Labute approximate surface area is 70.4 Å². The average Bonchev–Trinajstić information content (AvgIpc) is 2.46. The highest BCUT2D eigenvalue weighted by molar-refractivity contribution is 5.77. The lowest BCUT2D eigenvalue weighted by Crippen LogP contribution is -1.85. The molecule has 2 nitrogen and oxygen atoms in total. The highest BCUT2D eigenvalue weighted by atomic mass is 16.4. The molecule has 2 aromatic rings. The maximum absolute atomic E-state index is 9.12. The van der Waals surface area contributed by atoms with Gasteiger partial charge in [-0.1, -0.05) is 18.2 Å². The fourth-order valence-corrected chi connectivity index (χ4v) is 1.17. The standard InChI is InChI=1S/C10H9O2/c1-7(11)10-6-8-4-2-3-5-9(8)12-10/h2-7,11H,1H2. The van der Waals surface area contributed by atoms with Crippen LogP contribution in [0.3, 0.4) is 0 Å². The SMILES string of the molecule is [CH2]C(O)c1cc2ccccc2o1. The molecule has 0 aliphatic carbocycles. The molecular formula is C10H9O2. The molecule has 1 aromatic carbocycles. The zero-order valence-electron chi connectivity index (χ0n) is 6.53. The lowest BCUT2D eigenvalue weighted by Gasteiger charge is -1.94. The monoisotopic (exact) mass is 161 g/mol. The van der Waals surface area contributed by atoms with Gasteiger partial charge in [0.15, 0.2) is 0 Å². The van der Waals surface area contributed by atoms with E-state index >= 15 is 0 Å². The van der Waals surface area contributed by atoms with Gasteiger partial charge in [0.05, 0.1) is 0 Å². The van der Waals surface area contributed by atoms with Gasteiger partial charge in [0.25, 0.3) is 0 Å². The third-order valence-corrected chi connectivity index (χ3v) is 1.77. The van der Waals surface area contributed by atoms with Crippen molar-refractivity contribution >= 4 is 11.0 Å². The molecular weight excluding hydrogens is 152 g/mol. The number of rotatable bonds is 1. The molecule has 2 rings (SSSR count). The van der Waals surface area contributed by atoms with Gasteiger partial charge in [0.2, 0.25) is 0 Å². The maximum atomic E-state index is 9.12. The third kappa shape index (κ3) is 1.10. The third-order valence-electron chi connectivity index (χ3n) is 1.77. The number of furan rings is 1. The summed E-state index contributed by atoms with van der Waals surface area (Å²) in [5.74, 6) is 0.510. The first-order valence-electron chi connectivity index (χ1n) is 3.77. The second kappa shape index (κ2) is 2.64. The van der Waals surface area contributed by atoms with Crippen LogP contribution in [0.4, 0.5) is 0 Å². The number of hydrogen-bond acceptors (Lipinski definition) is 2. The van der Waals surface area contributed by atoms with Crippen molar-refractivity contribution in [3.63, 3.8) is 0 Å². The molecule has 1 heterocycles. The van der Waals surface area contributed by atoms with E-state index < -0.39 is 6.10 Å². The van der Waals surface area contributed by atoms with Crippen molar-refractivity contribution in [2.75, 3.05) is 0 Å². The fraction of sp³-hybridized carbons (Fsp3) is 0.100. The van der Waals surface area contributed by atoms with Gasteiger partial charge in [-0.2, -0.15) is 0 Å². The normalized spacial score (nSPS) is 13.5. The predicted molar refractivity (Wildman–Crippen MR) is 46.5 cm³/mol. The highest BCUT2D eigenvalue weighted by Gasteiger charge is 2.06. The number of hydrogen-bond donors (Lipinski definition) is 1. The zero-order valence-corrected chi connectivity index (χ0v) is 6.53. The van der Waals surface area contributed by atoms with Crippen LogP contribution in [0.15, 0.2) is 34.7 Å². The van der Waals surface area contributed by atoms with Gasteiger partial charge >= 0.3 is 0 Å². The second-order valence-corrected chi connectivity index (χ2v) is 2.70. The lowest BCUT2D eigenvalue weighted by molar-refractivity contribution is 0.197. The Morgan fingerprint density at radius 3 is 2.75 bits per heavy atom. The topological polar surface area (TPSA) is 33.4 Å². The number of benzene rings is 1. The molecule has 1 radical (unpaired) electrons. The summed E-state index contributed by atoms with van der Waals surface area (Å²) in [6, 6.07) is 9.42. The van der Waals surface area contributed by atoms with Crippen LogP contribution in [-0.2, 0) is 0 Å². The van der Waals surface area contributed by atoms with Crippen molar-refractivity contribution in [3.8, 4) is 0 Å². The Bertz CT molecular complexity index is 354. The molecule has 0 saturated heterocycles. The van der Waals surface area contributed by atoms with E-state index in [2.05, 4.69) is 6.92 Å². The van der Waals surface area contributed by atoms with Gasteiger partial charge in [0, 0.05) is 5.39 Å². The molecule has 0 amide bonds. The molecule has 0 fully saturated rings. The van der Waals surface area contributed by atoms with Crippen molar-refractivity contribution in [2.24, 2.45) is 0 Å². The van der Waals surface area contributed by atoms with Gasteiger partial charge < -0.3 is 9.52 Å². The molecule has 2 heteroatoms. The summed E-state index contributed by atoms with van der Waals surface area (Å²) in [6.07, 6.45) is -0.780. The van der Waals surface area contributed by atoms with Gasteiger partial charge in [-0.05, 0) is 19.1 Å². The van der Waals surface area contributed by atoms with Crippen molar-refractivity contribution in [3.05, 3.63) is 43.0 Å². The number of aliphatic hydroxyl groups is 1. The summed E-state index contributed by atoms with van der Waals surface area (Å²) >= 11 is 0. The maximum Gasteiger partial charge on any atom is 0.134 e. The van der Waals surface area contributed by atoms with E-state index in [4.69, 9.17) is 9.52 Å². The van der Waals surface area contributed by atoms with E-state index in [0.29, 0.717) is 5.76 Å². The molecule has 0 aliphatic heterocycles. The summed E-state index contributed by atoms with van der Waals surface area (Å²) in [6.45, 7) is 3.47. The van der Waals surface area contributed by atoms with Gasteiger partial charge in [0.1, 0.15) is 17.4 Å². The molecule has 12 heavy (non-hydrogen) atoms. The Morgan fingerprint density at radius 1 is 1.33 bits per heavy atom. The smallest absolute Gasteiger partial charge is 0.134 e. The minimum Gasteiger partial charge on any atom is -0.458 e. The minimum absolute atomic E-state index is 0.510. The first kappa shape index (κ1) is 7.37. The molecule has 0 aliphatic rings. The Morgan fingerprint density at radius 2 is 2.08 bits per heavy atom. The largest absolute Gasteiger partial charge is 0.458 e.